The van der Waals surface area contributed by atoms with Crippen LogP contribution in [0.2, 0.25) is 0 Å². The summed E-state index contributed by atoms with van der Waals surface area (Å²) >= 11 is 0. The van der Waals surface area contributed by atoms with Gasteiger partial charge in [0.25, 0.3) is 5.91 Å². The van der Waals surface area contributed by atoms with Gasteiger partial charge in [-0.15, -0.1) is 0 Å². The molecule has 5 nitrogen and oxygen atoms in total. The lowest BCUT2D eigenvalue weighted by Crippen LogP contribution is -2.28. The molecule has 0 fully saturated rings. The highest BCUT2D eigenvalue weighted by atomic mass is 16.5. The third kappa shape index (κ3) is 4.90. The fourth-order valence-electron chi connectivity index (χ4n) is 2.76. The Morgan fingerprint density at radius 3 is 2.29 bits per heavy atom. The standard InChI is InChI=1S/C23H24N2O3/c1-25(2)18-14-12-17(13-15-18)21(26)16-24-23(27)20-10-6-7-11-22(20)28-19-8-4-3-5-9-19/h3-15,21,26H,16H2,1-2H3,(H,24,27)/t21-/m0/s1. The Bertz CT molecular complexity index is 909. The van der Waals surface area contributed by atoms with Crippen LogP contribution in [0, 0.1) is 0 Å². The van der Waals surface area contributed by atoms with Crippen molar-refractivity contribution in [1.29, 1.82) is 0 Å². The molecule has 28 heavy (non-hydrogen) atoms. The van der Waals surface area contributed by atoms with Crippen LogP contribution in [0.5, 0.6) is 11.5 Å². The molecule has 0 radical (unpaired) electrons. The number of nitrogens with zero attached hydrogens (tertiary/aromatic N) is 1. The molecule has 1 atom stereocenters. The van der Waals surface area contributed by atoms with Crippen molar-refractivity contribution >= 4 is 11.6 Å². The summed E-state index contributed by atoms with van der Waals surface area (Å²) in [5.74, 6) is 0.829. The van der Waals surface area contributed by atoms with Gasteiger partial charge < -0.3 is 20.1 Å². The maximum absolute atomic E-state index is 12.6. The molecular weight excluding hydrogens is 352 g/mol. The number of aliphatic hydroxyl groups is 1. The number of nitrogens with one attached hydrogen (secondary N) is 1. The summed E-state index contributed by atoms with van der Waals surface area (Å²) in [6, 6.07) is 23.9. The molecular formula is C23H24N2O3. The Hall–Kier alpha value is -3.31. The summed E-state index contributed by atoms with van der Waals surface area (Å²) in [6.45, 7) is 0.111. The zero-order chi connectivity index (χ0) is 19.9. The normalized spacial score (nSPS) is 11.5. The predicted molar refractivity (Wildman–Crippen MR) is 111 cm³/mol. The van der Waals surface area contributed by atoms with Gasteiger partial charge in [0.2, 0.25) is 0 Å². The van der Waals surface area contributed by atoms with Crippen LogP contribution in [0.1, 0.15) is 22.0 Å². The van der Waals surface area contributed by atoms with E-state index in [1.807, 2.05) is 79.7 Å². The minimum Gasteiger partial charge on any atom is -0.457 e. The van der Waals surface area contributed by atoms with E-state index < -0.39 is 6.10 Å². The van der Waals surface area contributed by atoms with E-state index in [9.17, 15) is 9.90 Å². The Labute approximate surface area is 165 Å². The molecule has 0 aliphatic heterocycles. The van der Waals surface area contributed by atoms with Gasteiger partial charge >= 0.3 is 0 Å². The van der Waals surface area contributed by atoms with Crippen molar-refractivity contribution in [3.8, 4) is 11.5 Å². The van der Waals surface area contributed by atoms with Crippen molar-refractivity contribution in [3.05, 3.63) is 90.0 Å². The molecule has 0 spiro atoms. The van der Waals surface area contributed by atoms with Crippen molar-refractivity contribution < 1.29 is 14.6 Å². The van der Waals surface area contributed by atoms with E-state index in [1.165, 1.54) is 0 Å². The van der Waals surface area contributed by atoms with Gasteiger partial charge in [-0.05, 0) is 42.0 Å². The van der Waals surface area contributed by atoms with Gasteiger partial charge in [-0.25, -0.2) is 0 Å². The van der Waals surface area contributed by atoms with E-state index in [0.717, 1.165) is 11.3 Å². The first kappa shape index (κ1) is 19.5. The smallest absolute Gasteiger partial charge is 0.255 e. The molecule has 0 unspecified atom stereocenters. The minimum atomic E-state index is -0.789. The number of hydrogen-bond acceptors (Lipinski definition) is 4. The maximum Gasteiger partial charge on any atom is 0.255 e. The lowest BCUT2D eigenvalue weighted by Gasteiger charge is -2.16. The van der Waals surface area contributed by atoms with E-state index in [-0.39, 0.29) is 12.5 Å². The summed E-state index contributed by atoms with van der Waals surface area (Å²) in [7, 11) is 3.92. The summed E-state index contributed by atoms with van der Waals surface area (Å²) in [6.07, 6.45) is -0.789. The molecule has 1 amide bonds. The third-order valence-electron chi connectivity index (χ3n) is 4.35. The number of carbonyl (C=O) groups is 1. The molecule has 2 N–H and O–H groups in total. The van der Waals surface area contributed by atoms with Crippen LogP contribution in [0.3, 0.4) is 0 Å². The number of amides is 1. The molecule has 0 saturated heterocycles. The Morgan fingerprint density at radius 2 is 1.61 bits per heavy atom. The molecule has 0 aliphatic rings. The number of anilines is 1. The van der Waals surface area contributed by atoms with Crippen LogP contribution in [-0.2, 0) is 0 Å². The van der Waals surface area contributed by atoms with Gasteiger partial charge in [-0.3, -0.25) is 4.79 Å². The highest BCUT2D eigenvalue weighted by Crippen LogP contribution is 2.25. The minimum absolute atomic E-state index is 0.111. The van der Waals surface area contributed by atoms with Gasteiger partial charge in [0.1, 0.15) is 11.5 Å². The zero-order valence-corrected chi connectivity index (χ0v) is 16.0. The summed E-state index contributed by atoms with van der Waals surface area (Å²) in [5.41, 5.74) is 2.22. The van der Waals surface area contributed by atoms with Gasteiger partial charge in [-0.1, -0.05) is 42.5 Å². The molecule has 144 valence electrons. The molecule has 3 aromatic carbocycles. The largest absolute Gasteiger partial charge is 0.457 e. The molecule has 5 heteroatoms. The van der Waals surface area contributed by atoms with Crippen LogP contribution in [0.15, 0.2) is 78.9 Å². The zero-order valence-electron chi connectivity index (χ0n) is 16.0. The number of hydrogen-bond donors (Lipinski definition) is 2. The number of ether oxygens (including phenoxy) is 1. The van der Waals surface area contributed by atoms with Crippen molar-refractivity contribution in [3.63, 3.8) is 0 Å². The van der Waals surface area contributed by atoms with Crippen molar-refractivity contribution in [2.24, 2.45) is 0 Å². The number of benzene rings is 3. The Balaban J connectivity index is 1.65. The second-order valence-electron chi connectivity index (χ2n) is 6.62. The van der Waals surface area contributed by atoms with E-state index in [2.05, 4.69) is 5.32 Å². The van der Waals surface area contributed by atoms with E-state index >= 15 is 0 Å². The van der Waals surface area contributed by atoms with Gasteiger partial charge in [0, 0.05) is 26.3 Å². The maximum atomic E-state index is 12.6. The van der Waals surface area contributed by atoms with E-state index in [0.29, 0.717) is 17.1 Å². The second-order valence-corrected chi connectivity index (χ2v) is 6.62. The summed E-state index contributed by atoms with van der Waals surface area (Å²) in [4.78, 5) is 14.6. The quantitative estimate of drug-likeness (QED) is 0.654. The molecule has 3 rings (SSSR count). The van der Waals surface area contributed by atoms with Crippen LogP contribution < -0.4 is 15.0 Å². The fraction of sp³-hybridized carbons (Fsp3) is 0.174. The monoisotopic (exact) mass is 376 g/mol. The highest BCUT2D eigenvalue weighted by Gasteiger charge is 2.15. The van der Waals surface area contributed by atoms with Gasteiger partial charge in [0.05, 0.1) is 11.7 Å². The first-order valence-corrected chi connectivity index (χ1v) is 9.10. The topological polar surface area (TPSA) is 61.8 Å². The average molecular weight is 376 g/mol. The van der Waals surface area contributed by atoms with Crippen LogP contribution in [0.25, 0.3) is 0 Å². The summed E-state index contributed by atoms with van der Waals surface area (Å²) < 4.78 is 5.83. The van der Waals surface area contributed by atoms with E-state index in [4.69, 9.17) is 4.74 Å². The average Bonchev–Trinajstić information content (AvgIpc) is 2.73. The van der Waals surface area contributed by atoms with Crippen molar-refractivity contribution in [2.45, 2.75) is 6.10 Å². The molecule has 0 aromatic heterocycles. The Kier molecular flexibility index (Phi) is 6.29. The van der Waals surface area contributed by atoms with Crippen molar-refractivity contribution in [1.82, 2.24) is 5.32 Å². The van der Waals surface area contributed by atoms with Crippen LogP contribution >= 0.6 is 0 Å². The highest BCUT2D eigenvalue weighted by molar-refractivity contribution is 5.97. The van der Waals surface area contributed by atoms with E-state index in [1.54, 1.807) is 18.2 Å². The van der Waals surface area contributed by atoms with Gasteiger partial charge in [-0.2, -0.15) is 0 Å². The first-order chi connectivity index (χ1) is 13.5. The lowest BCUT2D eigenvalue weighted by atomic mass is 10.1. The first-order valence-electron chi connectivity index (χ1n) is 9.10. The number of carbonyl (C=O) groups excluding carboxylic acids is 1. The van der Waals surface area contributed by atoms with Crippen molar-refractivity contribution in [2.75, 3.05) is 25.5 Å². The van der Waals surface area contributed by atoms with Gasteiger partial charge in [0.15, 0.2) is 0 Å². The lowest BCUT2D eigenvalue weighted by molar-refractivity contribution is 0.0914. The Morgan fingerprint density at radius 1 is 0.964 bits per heavy atom. The number of para-hydroxylation sites is 2. The van der Waals surface area contributed by atoms with Crippen LogP contribution in [-0.4, -0.2) is 31.7 Å². The third-order valence-corrected chi connectivity index (χ3v) is 4.35. The molecule has 0 saturated carbocycles. The fourth-order valence-corrected chi connectivity index (χ4v) is 2.76. The molecule has 0 bridgehead atoms. The molecule has 3 aromatic rings. The SMILES string of the molecule is CN(C)c1ccc([C@@H](O)CNC(=O)c2ccccc2Oc2ccccc2)cc1. The summed E-state index contributed by atoms with van der Waals surface area (Å²) in [5, 5.41) is 13.2. The number of aliphatic hydroxyl groups excluding tert-OH is 1. The predicted octanol–water partition coefficient (Wildman–Crippen LogP) is 4.01. The number of rotatable bonds is 7. The second kappa shape index (κ2) is 9.06. The molecule has 0 aliphatic carbocycles. The molecule has 0 heterocycles. The van der Waals surface area contributed by atoms with Crippen LogP contribution in [0.4, 0.5) is 5.69 Å².